The number of carbonyl (C=O) groups is 3. The van der Waals surface area contributed by atoms with Crippen molar-refractivity contribution in [2.24, 2.45) is 17.8 Å². The van der Waals surface area contributed by atoms with Crippen LogP contribution in [0.3, 0.4) is 0 Å². The summed E-state index contributed by atoms with van der Waals surface area (Å²) in [6.45, 7) is 9.49. The minimum absolute atomic E-state index is 0.0842. The topological polar surface area (TPSA) is 127 Å². The Labute approximate surface area is 221 Å². The van der Waals surface area contributed by atoms with Crippen LogP contribution in [0.15, 0.2) is 36.9 Å². The number of fused-ring (bicyclic) bond motifs is 2. The van der Waals surface area contributed by atoms with Crippen molar-refractivity contribution in [1.29, 1.82) is 0 Å². The third kappa shape index (κ3) is 3.90. The van der Waals surface area contributed by atoms with E-state index in [4.69, 9.17) is 9.47 Å². The molecule has 3 fully saturated rings. The van der Waals surface area contributed by atoms with Crippen molar-refractivity contribution in [2.75, 3.05) is 19.8 Å². The third-order valence-corrected chi connectivity index (χ3v) is 8.23. The summed E-state index contributed by atoms with van der Waals surface area (Å²) in [6, 6.07) is 5.81. The highest BCUT2D eigenvalue weighted by Crippen LogP contribution is 2.59. The number of aliphatic hydroxyl groups is 1. The molecule has 2 aromatic rings. The molecule has 11 nitrogen and oxygen atoms in total. The van der Waals surface area contributed by atoms with Crippen LogP contribution in [-0.2, 0) is 30.5 Å². The first-order valence-electron chi connectivity index (χ1n) is 13.2. The molecule has 6 atom stereocenters. The zero-order valence-corrected chi connectivity index (χ0v) is 22.0. The number of hydrogen-bond acceptors (Lipinski definition) is 8. The van der Waals surface area contributed by atoms with Crippen molar-refractivity contribution < 1.29 is 29.0 Å². The summed E-state index contributed by atoms with van der Waals surface area (Å²) in [4.78, 5) is 44.6. The van der Waals surface area contributed by atoms with Gasteiger partial charge in [-0.15, -0.1) is 11.7 Å². The zero-order chi connectivity index (χ0) is 27.2. The number of aromatic nitrogens is 3. The van der Waals surface area contributed by atoms with E-state index in [2.05, 4.69) is 16.9 Å². The van der Waals surface area contributed by atoms with Crippen LogP contribution in [0.25, 0.3) is 11.0 Å². The number of rotatable bonds is 10. The normalized spacial score (nSPS) is 28.7. The van der Waals surface area contributed by atoms with Crippen molar-refractivity contribution in [2.45, 2.75) is 64.1 Å². The van der Waals surface area contributed by atoms with Crippen molar-refractivity contribution in [3.05, 3.63) is 36.9 Å². The number of aliphatic hydroxyl groups excluding tert-OH is 1. The third-order valence-electron chi connectivity index (χ3n) is 8.23. The first-order chi connectivity index (χ1) is 18.3. The summed E-state index contributed by atoms with van der Waals surface area (Å²) < 4.78 is 13.4. The average Bonchev–Trinajstić information content (AvgIpc) is 3.64. The number of likely N-dealkylation sites (tertiary alicyclic amines) is 1. The molecular weight excluding hydrogens is 490 g/mol. The van der Waals surface area contributed by atoms with Gasteiger partial charge >= 0.3 is 5.97 Å². The summed E-state index contributed by atoms with van der Waals surface area (Å²) in [5.41, 5.74) is 0.285. The standard InChI is InChI=1S/C27H35N5O6/c1-5-13-30(15-31-18-10-8-7-9-17(18)28-29-31)25(35)23-27-12-11-20(38-27)21(26(36)37-6-2)22(27)24(34)32(23)19(14-33)16(3)4/h5,7-10,16,19-23,33H,1,6,11-15H2,2-4H3/t19-,20+,21-,22-,23+,27-/m0/s1. The molecule has 5 rings (SSSR count). The second kappa shape index (κ2) is 10.1. The molecule has 1 spiro atoms. The highest BCUT2D eigenvalue weighted by molar-refractivity contribution is 5.98. The number of nitrogens with zero attached hydrogens (tertiary/aromatic N) is 5. The molecule has 204 valence electrons. The first kappa shape index (κ1) is 26.3. The Balaban J connectivity index is 1.56. The molecule has 1 aromatic heterocycles. The van der Waals surface area contributed by atoms with Crippen LogP contribution in [0.2, 0.25) is 0 Å². The maximum atomic E-state index is 14.5. The van der Waals surface area contributed by atoms with Gasteiger partial charge in [-0.05, 0) is 37.8 Å². The van der Waals surface area contributed by atoms with Gasteiger partial charge in [0, 0.05) is 6.54 Å². The maximum Gasteiger partial charge on any atom is 0.312 e. The maximum absolute atomic E-state index is 14.5. The Morgan fingerprint density at radius 1 is 1.37 bits per heavy atom. The molecule has 2 bridgehead atoms. The van der Waals surface area contributed by atoms with Gasteiger partial charge in [0.1, 0.15) is 23.8 Å². The van der Waals surface area contributed by atoms with Crippen LogP contribution >= 0.6 is 0 Å². The summed E-state index contributed by atoms with van der Waals surface area (Å²) in [5, 5.41) is 18.8. The summed E-state index contributed by atoms with van der Waals surface area (Å²) >= 11 is 0. The fraction of sp³-hybridized carbons (Fsp3) is 0.593. The van der Waals surface area contributed by atoms with Crippen molar-refractivity contribution in [3.63, 3.8) is 0 Å². The lowest BCUT2D eigenvalue weighted by molar-refractivity contribution is -0.157. The van der Waals surface area contributed by atoms with Gasteiger partial charge < -0.3 is 24.4 Å². The van der Waals surface area contributed by atoms with Crippen molar-refractivity contribution in [1.82, 2.24) is 24.8 Å². The largest absolute Gasteiger partial charge is 0.466 e. The van der Waals surface area contributed by atoms with E-state index in [0.717, 1.165) is 5.52 Å². The van der Waals surface area contributed by atoms with E-state index in [1.165, 1.54) is 4.90 Å². The quantitative estimate of drug-likeness (QED) is 0.364. The van der Waals surface area contributed by atoms with E-state index in [1.54, 1.807) is 22.6 Å². The van der Waals surface area contributed by atoms with E-state index in [-0.39, 0.29) is 44.2 Å². The molecule has 2 amide bonds. The number of carbonyl (C=O) groups excluding carboxylic acids is 3. The van der Waals surface area contributed by atoms with Crippen LogP contribution in [0, 0.1) is 17.8 Å². The molecule has 38 heavy (non-hydrogen) atoms. The molecule has 11 heteroatoms. The molecular formula is C27H35N5O6. The molecule has 3 aliphatic rings. The van der Waals surface area contributed by atoms with Gasteiger partial charge in [0.25, 0.3) is 0 Å². The van der Waals surface area contributed by atoms with Crippen molar-refractivity contribution in [3.8, 4) is 0 Å². The lowest BCUT2D eigenvalue weighted by Crippen LogP contribution is -2.59. The van der Waals surface area contributed by atoms with Crippen molar-refractivity contribution >= 4 is 28.8 Å². The van der Waals surface area contributed by atoms with Crippen LogP contribution in [0.5, 0.6) is 0 Å². The Kier molecular flexibility index (Phi) is 6.99. The van der Waals surface area contributed by atoms with Crippen LogP contribution in [-0.4, -0.2) is 91.2 Å². The Morgan fingerprint density at radius 2 is 2.13 bits per heavy atom. The number of para-hydroxylation sites is 1. The highest BCUT2D eigenvalue weighted by Gasteiger charge is 2.75. The van der Waals surface area contributed by atoms with Gasteiger partial charge in [-0.3, -0.25) is 14.4 Å². The van der Waals surface area contributed by atoms with E-state index < -0.39 is 41.6 Å². The predicted molar refractivity (Wildman–Crippen MR) is 136 cm³/mol. The number of amides is 2. The minimum atomic E-state index is -1.18. The number of esters is 1. The smallest absolute Gasteiger partial charge is 0.312 e. The molecule has 0 aliphatic carbocycles. The van der Waals surface area contributed by atoms with E-state index in [0.29, 0.717) is 18.4 Å². The van der Waals surface area contributed by atoms with Crippen LogP contribution < -0.4 is 0 Å². The molecule has 1 aromatic carbocycles. The molecule has 4 heterocycles. The minimum Gasteiger partial charge on any atom is -0.466 e. The zero-order valence-electron chi connectivity index (χ0n) is 22.0. The molecule has 0 saturated carbocycles. The van der Waals surface area contributed by atoms with E-state index >= 15 is 0 Å². The monoisotopic (exact) mass is 525 g/mol. The van der Waals surface area contributed by atoms with Gasteiger partial charge in [0.2, 0.25) is 11.8 Å². The summed E-state index contributed by atoms with van der Waals surface area (Å²) in [7, 11) is 0. The molecule has 3 aliphatic heterocycles. The predicted octanol–water partition coefficient (Wildman–Crippen LogP) is 1.36. The van der Waals surface area contributed by atoms with E-state index in [1.807, 2.05) is 38.1 Å². The Bertz CT molecular complexity index is 1250. The number of ether oxygens (including phenoxy) is 2. The lowest BCUT2D eigenvalue weighted by atomic mass is 9.70. The van der Waals surface area contributed by atoms with E-state index in [9.17, 15) is 19.5 Å². The Hall–Kier alpha value is -3.31. The van der Waals surface area contributed by atoms with Gasteiger partial charge in [-0.1, -0.05) is 37.3 Å². The molecule has 0 radical (unpaired) electrons. The molecule has 3 saturated heterocycles. The number of benzene rings is 1. The average molecular weight is 526 g/mol. The molecule has 0 unspecified atom stereocenters. The van der Waals surface area contributed by atoms with Crippen LogP contribution in [0.4, 0.5) is 0 Å². The number of hydrogen-bond donors (Lipinski definition) is 1. The SMILES string of the molecule is C=CCN(Cn1nnc2ccccc21)C(=O)[C@H]1N([C@@H](CO)C(C)C)C(=O)[C@@H]2[C@@H](C(=O)OCC)[C@H]3CC[C@]21O3. The van der Waals surface area contributed by atoms with Gasteiger partial charge in [0.15, 0.2) is 0 Å². The Morgan fingerprint density at radius 3 is 2.82 bits per heavy atom. The highest BCUT2D eigenvalue weighted by atomic mass is 16.6. The van der Waals surface area contributed by atoms with Gasteiger partial charge in [0.05, 0.1) is 42.7 Å². The fourth-order valence-corrected chi connectivity index (χ4v) is 6.58. The summed E-state index contributed by atoms with van der Waals surface area (Å²) in [5.74, 6) is -2.94. The summed E-state index contributed by atoms with van der Waals surface area (Å²) in [6.07, 6.45) is 2.14. The van der Waals surface area contributed by atoms with Crippen LogP contribution in [0.1, 0.15) is 33.6 Å². The second-order valence-corrected chi connectivity index (χ2v) is 10.6. The van der Waals surface area contributed by atoms with Gasteiger partial charge in [-0.25, -0.2) is 4.68 Å². The fourth-order valence-electron chi connectivity index (χ4n) is 6.58. The van der Waals surface area contributed by atoms with Gasteiger partial charge in [-0.2, -0.15) is 0 Å². The lowest BCUT2D eigenvalue weighted by Gasteiger charge is -2.40. The molecule has 1 N–H and O–H groups in total. The first-order valence-corrected chi connectivity index (χ1v) is 13.2. The second-order valence-electron chi connectivity index (χ2n) is 10.6.